The van der Waals surface area contributed by atoms with Gasteiger partial charge in [0, 0.05) is 0 Å². The number of fused-ring (bicyclic) bond motifs is 3. The number of benzene rings is 1. The molecule has 21 heavy (non-hydrogen) atoms. The van der Waals surface area contributed by atoms with E-state index in [2.05, 4.69) is 46.4 Å². The van der Waals surface area contributed by atoms with E-state index >= 15 is 0 Å². The van der Waals surface area contributed by atoms with Crippen molar-refractivity contribution in [2.45, 2.75) is 64.9 Å². The summed E-state index contributed by atoms with van der Waals surface area (Å²) < 4.78 is 0. The van der Waals surface area contributed by atoms with E-state index in [0.717, 1.165) is 19.3 Å². The quantitative estimate of drug-likeness (QED) is 0.796. The Bertz CT molecular complexity index is 584. The molecule has 0 aliphatic heterocycles. The highest BCUT2D eigenvalue weighted by Gasteiger charge is 2.53. The van der Waals surface area contributed by atoms with Crippen LogP contribution in [-0.4, -0.2) is 11.2 Å². The van der Waals surface area contributed by atoms with E-state index in [1.165, 1.54) is 28.7 Å². The Labute approximate surface area is 129 Å². The summed E-state index contributed by atoms with van der Waals surface area (Å²) in [4.78, 5) is 0. The van der Waals surface area contributed by atoms with Gasteiger partial charge in [0.25, 0.3) is 0 Å². The fourth-order valence-electron chi connectivity index (χ4n) is 5.21. The van der Waals surface area contributed by atoms with Gasteiger partial charge in [-0.2, -0.15) is 0 Å². The molecule has 0 heterocycles. The van der Waals surface area contributed by atoms with Crippen LogP contribution in [0.3, 0.4) is 0 Å². The molecule has 3 atom stereocenters. The van der Waals surface area contributed by atoms with Gasteiger partial charge in [-0.15, -0.1) is 0 Å². The normalized spacial score (nSPS) is 34.0. The maximum Gasteiger partial charge on any atom is 0.0594 e. The van der Waals surface area contributed by atoms with Crippen molar-refractivity contribution in [3.63, 3.8) is 0 Å². The van der Waals surface area contributed by atoms with Crippen LogP contribution >= 0.6 is 0 Å². The molecule has 1 unspecified atom stereocenters. The molecule has 1 saturated carbocycles. The number of aliphatic hydroxyl groups is 1. The molecule has 1 aromatic rings. The van der Waals surface area contributed by atoms with E-state index in [1.807, 2.05) is 6.08 Å². The predicted octanol–water partition coefficient (Wildman–Crippen LogP) is 4.64. The lowest BCUT2D eigenvalue weighted by Crippen LogP contribution is -2.53. The second-order valence-corrected chi connectivity index (χ2v) is 7.91. The summed E-state index contributed by atoms with van der Waals surface area (Å²) in [6, 6.07) is 4.60. The molecule has 0 spiro atoms. The number of hydrogen-bond acceptors (Lipinski definition) is 1. The molecule has 0 radical (unpaired) electrons. The SMILES string of the molecule is C=Cc1c(C)ccc2c1CCC1C(C)(C)[C@@H](O)CC[C@]21C. The third-order valence-electron chi connectivity index (χ3n) is 6.54. The summed E-state index contributed by atoms with van der Waals surface area (Å²) in [5.41, 5.74) is 5.90. The molecule has 0 amide bonds. The molecule has 1 N–H and O–H groups in total. The van der Waals surface area contributed by atoms with Crippen molar-refractivity contribution in [1.29, 1.82) is 0 Å². The van der Waals surface area contributed by atoms with Crippen molar-refractivity contribution in [2.24, 2.45) is 11.3 Å². The minimum atomic E-state index is -0.165. The second-order valence-electron chi connectivity index (χ2n) is 7.91. The summed E-state index contributed by atoms with van der Waals surface area (Å²) in [6.45, 7) is 13.1. The smallest absolute Gasteiger partial charge is 0.0594 e. The van der Waals surface area contributed by atoms with Crippen molar-refractivity contribution in [3.8, 4) is 0 Å². The monoisotopic (exact) mass is 284 g/mol. The lowest BCUT2D eigenvalue weighted by molar-refractivity contribution is -0.0731. The maximum atomic E-state index is 10.5. The second kappa shape index (κ2) is 4.71. The summed E-state index contributed by atoms with van der Waals surface area (Å²) >= 11 is 0. The molecule has 1 heteroatoms. The first kappa shape index (κ1) is 14.8. The first-order chi connectivity index (χ1) is 9.82. The molecular formula is C20H28O. The van der Waals surface area contributed by atoms with Crippen LogP contribution in [0.4, 0.5) is 0 Å². The first-order valence-corrected chi connectivity index (χ1v) is 8.26. The first-order valence-electron chi connectivity index (χ1n) is 8.26. The van der Waals surface area contributed by atoms with Gasteiger partial charge in [0.05, 0.1) is 6.10 Å². The van der Waals surface area contributed by atoms with E-state index < -0.39 is 0 Å². The largest absolute Gasteiger partial charge is 0.393 e. The lowest BCUT2D eigenvalue weighted by atomic mass is 9.49. The number of rotatable bonds is 1. The highest BCUT2D eigenvalue weighted by atomic mass is 16.3. The van der Waals surface area contributed by atoms with Gasteiger partial charge in [-0.1, -0.05) is 45.6 Å². The Balaban J connectivity index is 2.17. The Morgan fingerprint density at radius 1 is 1.24 bits per heavy atom. The van der Waals surface area contributed by atoms with Crippen LogP contribution in [0.5, 0.6) is 0 Å². The Morgan fingerprint density at radius 2 is 1.95 bits per heavy atom. The van der Waals surface area contributed by atoms with Crippen molar-refractivity contribution >= 4 is 6.08 Å². The minimum Gasteiger partial charge on any atom is -0.393 e. The molecule has 0 aromatic heterocycles. The Morgan fingerprint density at radius 3 is 2.62 bits per heavy atom. The highest BCUT2D eigenvalue weighted by molar-refractivity contribution is 5.60. The van der Waals surface area contributed by atoms with Gasteiger partial charge in [-0.25, -0.2) is 0 Å². The molecular weight excluding hydrogens is 256 g/mol. The van der Waals surface area contributed by atoms with Crippen LogP contribution in [0.15, 0.2) is 18.7 Å². The summed E-state index contributed by atoms with van der Waals surface area (Å²) in [5, 5.41) is 10.5. The molecule has 114 valence electrons. The van der Waals surface area contributed by atoms with Gasteiger partial charge in [-0.05, 0) is 71.6 Å². The van der Waals surface area contributed by atoms with Crippen molar-refractivity contribution < 1.29 is 5.11 Å². The minimum absolute atomic E-state index is 0.00389. The van der Waals surface area contributed by atoms with Gasteiger partial charge in [0.2, 0.25) is 0 Å². The average molecular weight is 284 g/mol. The van der Waals surface area contributed by atoms with E-state index in [4.69, 9.17) is 0 Å². The Hall–Kier alpha value is -1.08. The molecule has 0 bridgehead atoms. The van der Waals surface area contributed by atoms with E-state index in [-0.39, 0.29) is 16.9 Å². The van der Waals surface area contributed by atoms with Crippen LogP contribution in [-0.2, 0) is 11.8 Å². The lowest BCUT2D eigenvalue weighted by Gasteiger charge is -2.56. The maximum absolute atomic E-state index is 10.5. The van der Waals surface area contributed by atoms with Gasteiger partial charge in [0.1, 0.15) is 0 Å². The van der Waals surface area contributed by atoms with Crippen LogP contribution in [0.2, 0.25) is 0 Å². The fraction of sp³-hybridized carbons (Fsp3) is 0.600. The van der Waals surface area contributed by atoms with Crippen LogP contribution in [0, 0.1) is 18.3 Å². The van der Waals surface area contributed by atoms with Gasteiger partial charge >= 0.3 is 0 Å². The zero-order chi connectivity index (χ0) is 15.4. The summed E-state index contributed by atoms with van der Waals surface area (Å²) in [6.07, 6.45) is 6.17. The molecule has 1 aromatic carbocycles. The van der Waals surface area contributed by atoms with E-state index in [0.29, 0.717) is 5.92 Å². The van der Waals surface area contributed by atoms with E-state index in [1.54, 1.807) is 0 Å². The molecule has 3 rings (SSSR count). The van der Waals surface area contributed by atoms with Gasteiger partial charge in [0.15, 0.2) is 0 Å². The van der Waals surface area contributed by atoms with Crippen LogP contribution in [0.1, 0.15) is 62.3 Å². The molecule has 1 fully saturated rings. The zero-order valence-electron chi connectivity index (χ0n) is 13.9. The molecule has 1 nitrogen and oxygen atoms in total. The third kappa shape index (κ3) is 1.93. The number of aryl methyl sites for hydroxylation is 1. The average Bonchev–Trinajstić information content (AvgIpc) is 2.43. The zero-order valence-corrected chi connectivity index (χ0v) is 13.9. The van der Waals surface area contributed by atoms with Crippen LogP contribution in [0.25, 0.3) is 6.08 Å². The van der Waals surface area contributed by atoms with Gasteiger partial charge < -0.3 is 5.11 Å². The van der Waals surface area contributed by atoms with E-state index in [9.17, 15) is 5.11 Å². The highest BCUT2D eigenvalue weighted by Crippen LogP contribution is 2.57. The standard InChI is InChI=1S/C20H28O/c1-6-14-13(2)7-9-16-15(14)8-10-17-19(3,4)18(21)11-12-20(16,17)5/h6-7,9,17-18,21H,1,8,10-12H2,2-5H3/t17?,18-,20+/m0/s1. The fourth-order valence-corrected chi connectivity index (χ4v) is 5.21. The molecule has 2 aliphatic carbocycles. The van der Waals surface area contributed by atoms with Crippen LogP contribution < -0.4 is 0 Å². The summed E-state index contributed by atoms with van der Waals surface area (Å²) in [7, 11) is 0. The number of aliphatic hydroxyl groups excluding tert-OH is 1. The predicted molar refractivity (Wildman–Crippen MR) is 89.5 cm³/mol. The third-order valence-corrected chi connectivity index (χ3v) is 6.54. The van der Waals surface area contributed by atoms with Crippen molar-refractivity contribution in [1.82, 2.24) is 0 Å². The molecule has 0 saturated heterocycles. The topological polar surface area (TPSA) is 20.2 Å². The van der Waals surface area contributed by atoms with Crippen molar-refractivity contribution in [2.75, 3.05) is 0 Å². The van der Waals surface area contributed by atoms with Crippen molar-refractivity contribution in [3.05, 3.63) is 41.0 Å². The number of hydrogen-bond donors (Lipinski definition) is 1. The molecule has 2 aliphatic rings. The Kier molecular flexibility index (Phi) is 3.33. The van der Waals surface area contributed by atoms with Gasteiger partial charge in [-0.3, -0.25) is 0 Å². The summed E-state index contributed by atoms with van der Waals surface area (Å²) in [5.74, 6) is 0.557.